The number of carboxylic acids is 1. The summed E-state index contributed by atoms with van der Waals surface area (Å²) >= 11 is 0. The molecule has 4 heteroatoms. The summed E-state index contributed by atoms with van der Waals surface area (Å²) in [4.78, 5) is 15.9. The molecule has 27 heavy (non-hydrogen) atoms. The zero-order valence-electron chi connectivity index (χ0n) is 16.9. The van der Waals surface area contributed by atoms with E-state index in [1.54, 1.807) is 13.0 Å². The quantitative estimate of drug-likeness (QED) is 0.630. The molecule has 0 atom stereocenters. The normalized spacial score (nSPS) is 32.2. The van der Waals surface area contributed by atoms with E-state index in [4.69, 9.17) is 0 Å². The minimum atomic E-state index is -0.848. The van der Waals surface area contributed by atoms with Gasteiger partial charge in [0.05, 0.1) is 11.9 Å². The van der Waals surface area contributed by atoms with E-state index in [0.29, 0.717) is 11.0 Å². The van der Waals surface area contributed by atoms with E-state index >= 15 is 0 Å². The van der Waals surface area contributed by atoms with Crippen LogP contribution in [0.5, 0.6) is 0 Å². The first-order valence-corrected chi connectivity index (χ1v) is 10.9. The molecule has 4 bridgehead atoms. The topological polar surface area (TPSA) is 55.1 Å². The Labute approximate surface area is 163 Å². The fourth-order valence-corrected chi connectivity index (χ4v) is 6.57. The molecule has 0 unspecified atom stereocenters. The average Bonchev–Trinajstić information content (AvgIpc) is 2.98. The Morgan fingerprint density at radius 3 is 2.44 bits per heavy atom. The third kappa shape index (κ3) is 3.86. The summed E-state index contributed by atoms with van der Waals surface area (Å²) in [6.07, 6.45) is 16.9. The fraction of sp³-hybridized carbons (Fsp3) is 0.739. The van der Waals surface area contributed by atoms with E-state index in [-0.39, 0.29) is 0 Å². The molecule has 4 saturated carbocycles. The van der Waals surface area contributed by atoms with Gasteiger partial charge in [-0.15, -0.1) is 0 Å². The lowest BCUT2D eigenvalue weighted by molar-refractivity contribution is -0.132. The van der Waals surface area contributed by atoms with Gasteiger partial charge in [0.2, 0.25) is 0 Å². The molecule has 1 aromatic heterocycles. The van der Waals surface area contributed by atoms with Gasteiger partial charge in [-0.2, -0.15) is 0 Å². The van der Waals surface area contributed by atoms with Gasteiger partial charge in [0, 0.05) is 18.5 Å². The molecule has 0 aromatic carbocycles. The highest BCUT2D eigenvalue weighted by molar-refractivity contribution is 5.91. The summed E-state index contributed by atoms with van der Waals surface area (Å²) in [6.45, 7) is 4.87. The SMILES string of the molecule is CCCCc1ncc(C=C(C)C(=O)O)n1CCC12CC3CC(CC(C3)C1)C2. The molecule has 0 radical (unpaired) electrons. The third-order valence-corrected chi connectivity index (χ3v) is 7.46. The number of carboxylic acid groups (broad SMARTS) is 1. The molecule has 5 rings (SSSR count). The van der Waals surface area contributed by atoms with Gasteiger partial charge < -0.3 is 9.67 Å². The van der Waals surface area contributed by atoms with Crippen LogP contribution in [0.1, 0.15) is 83.2 Å². The van der Waals surface area contributed by atoms with Crippen molar-refractivity contribution in [1.29, 1.82) is 0 Å². The summed E-state index contributed by atoms with van der Waals surface area (Å²) in [7, 11) is 0. The van der Waals surface area contributed by atoms with E-state index < -0.39 is 5.97 Å². The molecular formula is C23H34N2O2. The molecule has 148 valence electrons. The van der Waals surface area contributed by atoms with Crippen molar-refractivity contribution in [3.05, 3.63) is 23.3 Å². The van der Waals surface area contributed by atoms with Gasteiger partial charge in [0.25, 0.3) is 0 Å². The monoisotopic (exact) mass is 370 g/mol. The summed E-state index contributed by atoms with van der Waals surface area (Å²) in [5, 5.41) is 9.27. The first kappa shape index (κ1) is 18.8. The van der Waals surface area contributed by atoms with Gasteiger partial charge in [-0.1, -0.05) is 13.3 Å². The van der Waals surface area contributed by atoms with Crippen molar-refractivity contribution >= 4 is 12.0 Å². The largest absolute Gasteiger partial charge is 0.478 e. The highest BCUT2D eigenvalue weighted by Gasteiger charge is 2.50. The van der Waals surface area contributed by atoms with E-state index in [1.165, 1.54) is 44.9 Å². The summed E-state index contributed by atoms with van der Waals surface area (Å²) in [6, 6.07) is 0. The Bertz CT molecular complexity index is 695. The van der Waals surface area contributed by atoms with Gasteiger partial charge in [-0.25, -0.2) is 9.78 Å². The number of carbonyl (C=O) groups is 1. The number of hydrogen-bond donors (Lipinski definition) is 1. The van der Waals surface area contributed by atoms with Gasteiger partial charge >= 0.3 is 5.97 Å². The van der Waals surface area contributed by atoms with E-state index in [0.717, 1.165) is 55.1 Å². The van der Waals surface area contributed by atoms with Crippen molar-refractivity contribution in [3.8, 4) is 0 Å². The van der Waals surface area contributed by atoms with Crippen molar-refractivity contribution in [3.63, 3.8) is 0 Å². The molecule has 0 amide bonds. The van der Waals surface area contributed by atoms with Crippen molar-refractivity contribution in [1.82, 2.24) is 9.55 Å². The van der Waals surface area contributed by atoms with Crippen LogP contribution in [0, 0.1) is 23.2 Å². The van der Waals surface area contributed by atoms with Crippen LogP contribution in [-0.2, 0) is 17.8 Å². The number of aryl methyl sites for hydroxylation is 1. The van der Waals surface area contributed by atoms with Crippen LogP contribution >= 0.6 is 0 Å². The number of imidazole rings is 1. The van der Waals surface area contributed by atoms with Crippen molar-refractivity contribution in [2.45, 2.75) is 84.6 Å². The summed E-state index contributed by atoms with van der Waals surface area (Å²) in [5.74, 6) is 3.22. The second-order valence-electron chi connectivity index (χ2n) is 9.65. The molecule has 1 N–H and O–H groups in total. The Morgan fingerprint density at radius 2 is 1.89 bits per heavy atom. The Hall–Kier alpha value is -1.58. The Morgan fingerprint density at radius 1 is 1.26 bits per heavy atom. The number of hydrogen-bond acceptors (Lipinski definition) is 2. The first-order valence-electron chi connectivity index (χ1n) is 10.9. The van der Waals surface area contributed by atoms with Crippen LogP contribution < -0.4 is 0 Å². The van der Waals surface area contributed by atoms with Crippen LogP contribution in [0.4, 0.5) is 0 Å². The predicted molar refractivity (Wildman–Crippen MR) is 107 cm³/mol. The highest BCUT2D eigenvalue weighted by Crippen LogP contribution is 2.61. The number of rotatable bonds is 8. The molecule has 4 fully saturated rings. The number of aromatic nitrogens is 2. The number of aliphatic carboxylic acids is 1. The molecule has 4 aliphatic rings. The molecule has 0 spiro atoms. The minimum absolute atomic E-state index is 0.382. The molecule has 1 heterocycles. The zero-order valence-corrected chi connectivity index (χ0v) is 16.9. The number of nitrogens with zero attached hydrogens (tertiary/aromatic N) is 2. The lowest BCUT2D eigenvalue weighted by Crippen LogP contribution is -2.46. The Balaban J connectivity index is 1.54. The van der Waals surface area contributed by atoms with Gasteiger partial charge in [0.1, 0.15) is 5.82 Å². The zero-order chi connectivity index (χ0) is 19.0. The summed E-state index contributed by atoms with van der Waals surface area (Å²) < 4.78 is 2.32. The van der Waals surface area contributed by atoms with Crippen molar-refractivity contribution in [2.24, 2.45) is 23.2 Å². The smallest absolute Gasteiger partial charge is 0.331 e. The van der Waals surface area contributed by atoms with Crippen LogP contribution in [0.2, 0.25) is 0 Å². The van der Waals surface area contributed by atoms with Crippen LogP contribution in [0.15, 0.2) is 11.8 Å². The lowest BCUT2D eigenvalue weighted by atomic mass is 9.49. The molecular weight excluding hydrogens is 336 g/mol. The van der Waals surface area contributed by atoms with E-state index in [9.17, 15) is 9.90 Å². The highest BCUT2D eigenvalue weighted by atomic mass is 16.4. The molecule has 0 saturated heterocycles. The Kier molecular flexibility index (Phi) is 5.17. The molecule has 4 nitrogen and oxygen atoms in total. The van der Waals surface area contributed by atoms with Crippen molar-refractivity contribution < 1.29 is 9.90 Å². The van der Waals surface area contributed by atoms with Gasteiger partial charge in [-0.05, 0) is 87.5 Å². The van der Waals surface area contributed by atoms with Crippen LogP contribution in [-0.4, -0.2) is 20.6 Å². The van der Waals surface area contributed by atoms with Crippen LogP contribution in [0.25, 0.3) is 6.08 Å². The van der Waals surface area contributed by atoms with E-state index in [1.807, 2.05) is 6.20 Å². The lowest BCUT2D eigenvalue weighted by Gasteiger charge is -2.57. The average molecular weight is 371 g/mol. The van der Waals surface area contributed by atoms with Crippen molar-refractivity contribution in [2.75, 3.05) is 0 Å². The van der Waals surface area contributed by atoms with Crippen LogP contribution in [0.3, 0.4) is 0 Å². The maximum absolute atomic E-state index is 11.3. The fourth-order valence-electron chi connectivity index (χ4n) is 6.57. The van der Waals surface area contributed by atoms with E-state index in [2.05, 4.69) is 16.5 Å². The third-order valence-electron chi connectivity index (χ3n) is 7.46. The predicted octanol–water partition coefficient (Wildman–Crippen LogP) is 5.32. The molecule has 0 aliphatic heterocycles. The minimum Gasteiger partial charge on any atom is -0.478 e. The standard InChI is InChI=1S/C23H34N2O2/c1-3-4-5-21-24-15-20(8-16(2)22(26)27)25(21)7-6-23-12-17-9-18(13-23)11-19(10-17)14-23/h8,15,17-19H,3-7,9-14H2,1-2H3,(H,26,27). The summed E-state index contributed by atoms with van der Waals surface area (Å²) in [5.41, 5.74) is 1.89. The van der Waals surface area contributed by atoms with Gasteiger partial charge in [0.15, 0.2) is 0 Å². The second kappa shape index (κ2) is 7.44. The molecule has 1 aromatic rings. The van der Waals surface area contributed by atoms with Gasteiger partial charge in [-0.3, -0.25) is 0 Å². The second-order valence-corrected chi connectivity index (χ2v) is 9.65. The maximum Gasteiger partial charge on any atom is 0.331 e. The number of unbranched alkanes of at least 4 members (excludes halogenated alkanes) is 1. The molecule has 4 aliphatic carbocycles. The first-order chi connectivity index (χ1) is 13.0. The maximum atomic E-state index is 11.3.